The molecule has 0 aliphatic heterocycles. The second kappa shape index (κ2) is 25.9. The molecule has 0 aliphatic rings. The van der Waals surface area contributed by atoms with E-state index in [1.165, 1.54) is 0 Å². The standard InChI is InChI=1S/2C19H30O4Si.Pt/c2*1-5-7-14-17(20)19(18(21)16-12-10-9-11-13-16)24(22-3,23-4)15-8-6-2;/h2*9-13,19H,5-8,14-15H2,1-4H3;/q;;+2. The molecule has 0 fully saturated rings. The number of hydrogen-bond acceptors (Lipinski definition) is 8. The zero-order valence-corrected chi connectivity index (χ0v) is 35.3. The second-order valence-corrected chi connectivity index (χ2v) is 19.1. The van der Waals surface area contributed by atoms with Crippen molar-refractivity contribution < 1.29 is 57.9 Å². The molecule has 276 valence electrons. The summed E-state index contributed by atoms with van der Waals surface area (Å²) >= 11 is 0. The van der Waals surface area contributed by atoms with Crippen LogP contribution in [0.4, 0.5) is 0 Å². The Kier molecular flexibility index (Phi) is 24.9. The number of carbonyl (C=O) groups excluding carboxylic acids is 4. The molecule has 0 spiro atoms. The first-order valence-electron chi connectivity index (χ1n) is 17.6. The summed E-state index contributed by atoms with van der Waals surface area (Å²) in [6, 6.07) is 19.3. The smallest absolute Gasteiger partial charge is 0.397 e. The summed E-state index contributed by atoms with van der Waals surface area (Å²) in [5.41, 5.74) is -0.495. The first kappa shape index (κ1) is 47.1. The number of benzene rings is 2. The van der Waals surface area contributed by atoms with Gasteiger partial charge in [-0.2, -0.15) is 0 Å². The van der Waals surface area contributed by atoms with Gasteiger partial charge in [-0.15, -0.1) is 0 Å². The minimum Gasteiger partial charge on any atom is -0.397 e. The number of ketones is 4. The fraction of sp³-hybridized carbons (Fsp3) is 0.579. The number of unbranched alkanes of at least 4 members (excludes halogenated alkanes) is 4. The molecule has 2 atom stereocenters. The first-order valence-corrected chi connectivity index (χ1v) is 21.8. The van der Waals surface area contributed by atoms with Gasteiger partial charge in [0.15, 0.2) is 11.6 Å². The molecule has 0 aromatic heterocycles. The predicted molar refractivity (Wildman–Crippen MR) is 197 cm³/mol. The molecule has 2 aromatic carbocycles. The zero-order valence-electron chi connectivity index (χ0n) is 31.0. The van der Waals surface area contributed by atoms with Gasteiger partial charge in [0, 0.05) is 52.4 Å². The van der Waals surface area contributed by atoms with Crippen molar-refractivity contribution >= 4 is 40.3 Å². The Hall–Kier alpha value is -1.92. The molecule has 8 nitrogen and oxygen atoms in total. The fourth-order valence-electron chi connectivity index (χ4n) is 5.89. The monoisotopic (exact) mass is 895 g/mol. The van der Waals surface area contributed by atoms with Crippen LogP contribution < -0.4 is 0 Å². The van der Waals surface area contributed by atoms with Crippen LogP contribution in [0.15, 0.2) is 60.7 Å². The Balaban J connectivity index is 0.000000922. The molecule has 0 saturated heterocycles. The van der Waals surface area contributed by atoms with Crippen LogP contribution in [-0.2, 0) is 48.4 Å². The van der Waals surface area contributed by atoms with Gasteiger partial charge < -0.3 is 17.7 Å². The van der Waals surface area contributed by atoms with E-state index < -0.39 is 28.2 Å². The van der Waals surface area contributed by atoms with Crippen LogP contribution in [0.1, 0.15) is 113 Å². The Morgan fingerprint density at radius 3 is 1.04 bits per heavy atom. The molecule has 0 heterocycles. The van der Waals surface area contributed by atoms with E-state index in [0.717, 1.165) is 51.4 Å². The van der Waals surface area contributed by atoms with Gasteiger partial charge in [0.05, 0.1) is 0 Å². The van der Waals surface area contributed by atoms with Crippen LogP contribution in [0.5, 0.6) is 0 Å². The van der Waals surface area contributed by atoms with E-state index in [1.807, 2.05) is 50.2 Å². The third-order valence-corrected chi connectivity index (χ3v) is 16.7. The molecule has 0 aliphatic carbocycles. The summed E-state index contributed by atoms with van der Waals surface area (Å²) in [5.74, 6) is -0.416. The first-order chi connectivity index (χ1) is 23.1. The molecule has 0 amide bonds. The van der Waals surface area contributed by atoms with Crippen molar-refractivity contribution in [2.24, 2.45) is 0 Å². The van der Waals surface area contributed by atoms with E-state index in [4.69, 9.17) is 17.7 Å². The van der Waals surface area contributed by atoms with Crippen molar-refractivity contribution in [2.45, 2.75) is 115 Å². The van der Waals surface area contributed by atoms with Gasteiger partial charge in [0.2, 0.25) is 0 Å². The van der Waals surface area contributed by atoms with Gasteiger partial charge in [-0.3, -0.25) is 19.2 Å². The number of rotatable bonds is 24. The molecule has 0 N–H and O–H groups in total. The van der Waals surface area contributed by atoms with Crippen LogP contribution in [0.2, 0.25) is 23.2 Å². The van der Waals surface area contributed by atoms with E-state index in [9.17, 15) is 19.2 Å². The summed E-state index contributed by atoms with van der Waals surface area (Å²) in [6.07, 6.45) is 7.89. The summed E-state index contributed by atoms with van der Waals surface area (Å²) in [6.45, 7) is 8.24. The summed E-state index contributed by atoms with van der Waals surface area (Å²) in [5, 5.41) is 0. The van der Waals surface area contributed by atoms with Crippen LogP contribution in [0, 0.1) is 0 Å². The van der Waals surface area contributed by atoms with Crippen molar-refractivity contribution in [1.29, 1.82) is 0 Å². The predicted octanol–water partition coefficient (Wildman–Crippen LogP) is 9.07. The van der Waals surface area contributed by atoms with Crippen molar-refractivity contribution in [3.05, 3.63) is 71.8 Å². The molecule has 0 bridgehead atoms. The maximum absolute atomic E-state index is 13.1. The Morgan fingerprint density at radius 2 is 0.796 bits per heavy atom. The van der Waals surface area contributed by atoms with Crippen molar-refractivity contribution in [3.8, 4) is 0 Å². The normalized spacial score (nSPS) is 12.6. The van der Waals surface area contributed by atoms with Gasteiger partial charge in [0.1, 0.15) is 22.6 Å². The zero-order chi connectivity index (χ0) is 36.0. The van der Waals surface area contributed by atoms with E-state index in [1.54, 1.807) is 52.7 Å². The molecule has 2 aromatic rings. The molecule has 11 heteroatoms. The Labute approximate surface area is 312 Å². The summed E-state index contributed by atoms with van der Waals surface area (Å²) in [4.78, 5) is 52.1. The minimum atomic E-state index is -2.95. The van der Waals surface area contributed by atoms with Crippen molar-refractivity contribution in [2.75, 3.05) is 28.4 Å². The van der Waals surface area contributed by atoms with Crippen LogP contribution in [-0.4, -0.2) is 68.7 Å². The third-order valence-electron chi connectivity index (χ3n) is 8.86. The van der Waals surface area contributed by atoms with Crippen molar-refractivity contribution in [3.63, 3.8) is 0 Å². The molecule has 0 saturated carbocycles. The Bertz CT molecular complexity index is 1130. The number of Topliss-reactive ketones (excluding diaryl/α,β-unsaturated/α-hetero) is 4. The maximum atomic E-state index is 13.1. The summed E-state index contributed by atoms with van der Waals surface area (Å²) in [7, 11) is 0.389. The average molecular weight is 896 g/mol. The van der Waals surface area contributed by atoms with Crippen LogP contribution in [0.25, 0.3) is 0 Å². The largest absolute Gasteiger partial charge is 2.00 e. The maximum Gasteiger partial charge on any atom is 2.00 e. The van der Waals surface area contributed by atoms with Gasteiger partial charge in [-0.1, -0.05) is 127 Å². The van der Waals surface area contributed by atoms with E-state index in [-0.39, 0.29) is 44.2 Å². The minimum absolute atomic E-state index is 0. The van der Waals surface area contributed by atoms with E-state index in [2.05, 4.69) is 13.8 Å². The quantitative estimate of drug-likeness (QED) is 0.0585. The van der Waals surface area contributed by atoms with Gasteiger partial charge in [-0.25, -0.2) is 0 Å². The van der Waals surface area contributed by atoms with Gasteiger partial charge in [0.25, 0.3) is 0 Å². The molecular formula is C38H60O8PtSi2+2. The topological polar surface area (TPSA) is 105 Å². The van der Waals surface area contributed by atoms with Crippen LogP contribution >= 0.6 is 0 Å². The molecule has 2 unspecified atom stereocenters. The fourth-order valence-corrected chi connectivity index (χ4v) is 12.7. The molecule has 49 heavy (non-hydrogen) atoms. The molecule has 0 radical (unpaired) electrons. The van der Waals surface area contributed by atoms with Gasteiger partial charge >= 0.3 is 38.2 Å². The molecular weight excluding hydrogens is 836 g/mol. The van der Waals surface area contributed by atoms with Crippen LogP contribution in [0.3, 0.4) is 0 Å². The Morgan fingerprint density at radius 1 is 0.510 bits per heavy atom. The number of hydrogen-bond donors (Lipinski definition) is 0. The molecule has 2 rings (SSSR count). The van der Waals surface area contributed by atoms with E-state index in [0.29, 0.717) is 36.1 Å². The summed E-state index contributed by atoms with van der Waals surface area (Å²) < 4.78 is 23.1. The van der Waals surface area contributed by atoms with Crippen molar-refractivity contribution in [1.82, 2.24) is 0 Å². The van der Waals surface area contributed by atoms with Gasteiger partial charge in [-0.05, 0) is 24.9 Å². The number of carbonyl (C=O) groups is 4. The van der Waals surface area contributed by atoms with E-state index >= 15 is 0 Å². The average Bonchev–Trinajstić information content (AvgIpc) is 3.13. The second-order valence-electron chi connectivity index (χ2n) is 12.1. The third kappa shape index (κ3) is 14.0. The SMILES string of the molecule is CCCCC(=O)C(C(=O)c1ccccc1)[Si](CCCC)(OC)OC.CCCCC(=O)C(C(=O)c1ccccc1)[Si](CCCC)(OC)OC.[Pt+2].